The summed E-state index contributed by atoms with van der Waals surface area (Å²) in [6.07, 6.45) is 2.64. The molecule has 1 aromatic carbocycles. The van der Waals surface area contributed by atoms with Crippen LogP contribution >= 0.6 is 0 Å². The van der Waals surface area contributed by atoms with E-state index in [1.54, 1.807) is 6.07 Å². The first-order chi connectivity index (χ1) is 15.7. The lowest BCUT2D eigenvalue weighted by atomic mass is 9.73. The van der Waals surface area contributed by atoms with Crippen LogP contribution in [0.25, 0.3) is 0 Å². The molecule has 0 aromatic heterocycles. The molecule has 5 atom stereocenters. The molecule has 2 aliphatic carbocycles. The minimum atomic E-state index is -4.46. The summed E-state index contributed by atoms with van der Waals surface area (Å²) in [6, 6.07) is 5.59. The van der Waals surface area contributed by atoms with Gasteiger partial charge in [0.05, 0.1) is 12.2 Å². The van der Waals surface area contributed by atoms with E-state index in [9.17, 15) is 28.2 Å². The number of hydrogen-bond acceptors (Lipinski definition) is 4. The van der Waals surface area contributed by atoms with Crippen molar-refractivity contribution in [2.75, 3.05) is 13.2 Å². The van der Waals surface area contributed by atoms with Crippen molar-refractivity contribution in [1.29, 1.82) is 0 Å². The van der Waals surface area contributed by atoms with Gasteiger partial charge < -0.3 is 20.3 Å². The monoisotopic (exact) mass is 471 g/mol. The van der Waals surface area contributed by atoms with Crippen molar-refractivity contribution in [1.82, 2.24) is 5.32 Å². The molecule has 0 aliphatic heterocycles. The Labute approximate surface area is 193 Å². The van der Waals surface area contributed by atoms with Crippen LogP contribution in [0.5, 0.6) is 5.75 Å². The molecule has 8 heteroatoms. The molecule has 0 bridgehead atoms. The van der Waals surface area contributed by atoms with E-state index in [-0.39, 0.29) is 12.0 Å². The fourth-order valence-corrected chi connectivity index (χ4v) is 5.49. The Morgan fingerprint density at radius 3 is 2.76 bits per heavy atom. The molecule has 0 saturated heterocycles. The number of hydrogen-bond donors (Lipinski definition) is 3. The number of carbonyl (C=O) groups excluding carboxylic acids is 1. The third-order valence-electron chi connectivity index (χ3n) is 7.16. The van der Waals surface area contributed by atoms with Gasteiger partial charge in [-0.1, -0.05) is 38.3 Å². The Morgan fingerprint density at radius 1 is 1.24 bits per heavy atom. The minimum Gasteiger partial charge on any atom is -0.483 e. The second-order valence-corrected chi connectivity index (χ2v) is 9.60. The van der Waals surface area contributed by atoms with Crippen LogP contribution in [0.1, 0.15) is 63.0 Å². The first-order valence-electron chi connectivity index (χ1n) is 12.1. The van der Waals surface area contributed by atoms with Gasteiger partial charge in [-0.2, -0.15) is 13.2 Å². The van der Waals surface area contributed by atoms with Crippen molar-refractivity contribution in [2.45, 2.75) is 83.1 Å². The van der Waals surface area contributed by atoms with Crippen LogP contribution in [0.2, 0.25) is 0 Å². The molecule has 1 saturated carbocycles. The van der Waals surface area contributed by atoms with Crippen LogP contribution < -0.4 is 10.1 Å². The van der Waals surface area contributed by atoms with Gasteiger partial charge in [-0.15, -0.1) is 0 Å². The maximum absolute atomic E-state index is 12.3. The topological polar surface area (TPSA) is 78.8 Å². The van der Waals surface area contributed by atoms with Crippen LogP contribution in [0.15, 0.2) is 18.2 Å². The molecule has 0 radical (unpaired) electrons. The van der Waals surface area contributed by atoms with E-state index >= 15 is 0 Å². The molecular formula is C25H36F3NO4. The number of aliphatic hydroxyl groups is 2. The summed E-state index contributed by atoms with van der Waals surface area (Å²) in [5.74, 6) is 0.491. The number of nitrogens with one attached hydrogen (secondary N) is 1. The van der Waals surface area contributed by atoms with Crippen molar-refractivity contribution in [3.8, 4) is 5.75 Å². The third-order valence-corrected chi connectivity index (χ3v) is 7.16. The Hall–Kier alpha value is -1.80. The van der Waals surface area contributed by atoms with E-state index in [1.165, 1.54) is 0 Å². The second-order valence-electron chi connectivity index (χ2n) is 9.60. The third kappa shape index (κ3) is 7.34. The molecule has 186 valence electrons. The highest BCUT2D eigenvalue weighted by Gasteiger charge is 2.44. The predicted molar refractivity (Wildman–Crippen MR) is 119 cm³/mol. The molecule has 1 amide bonds. The Kier molecular flexibility index (Phi) is 9.04. The van der Waals surface area contributed by atoms with Gasteiger partial charge in [0.25, 0.3) is 5.91 Å². The highest BCUT2D eigenvalue weighted by atomic mass is 19.4. The number of rotatable bonds is 11. The Bertz CT molecular complexity index is 785. The molecule has 3 rings (SSSR count). The lowest BCUT2D eigenvalue weighted by molar-refractivity contribution is -0.139. The minimum absolute atomic E-state index is 0.154. The largest absolute Gasteiger partial charge is 0.483 e. The smallest absolute Gasteiger partial charge is 0.405 e. The van der Waals surface area contributed by atoms with Crippen molar-refractivity contribution < 1.29 is 32.9 Å². The first-order valence-corrected chi connectivity index (χ1v) is 12.1. The summed E-state index contributed by atoms with van der Waals surface area (Å²) in [5.41, 5.74) is 2.09. The zero-order valence-corrected chi connectivity index (χ0v) is 19.2. The van der Waals surface area contributed by atoms with Gasteiger partial charge in [0.15, 0.2) is 6.61 Å². The average Bonchev–Trinajstić information content (AvgIpc) is 3.06. The van der Waals surface area contributed by atoms with Crippen LogP contribution in [0, 0.1) is 17.8 Å². The van der Waals surface area contributed by atoms with E-state index in [0.29, 0.717) is 36.8 Å². The molecule has 0 spiro atoms. The van der Waals surface area contributed by atoms with Crippen LogP contribution in [-0.2, 0) is 17.6 Å². The van der Waals surface area contributed by atoms with Crippen LogP contribution in [0.3, 0.4) is 0 Å². The Balaban J connectivity index is 1.57. The van der Waals surface area contributed by atoms with Gasteiger partial charge in [0.2, 0.25) is 0 Å². The highest BCUT2D eigenvalue weighted by Crippen LogP contribution is 2.48. The number of amides is 1. The lowest BCUT2D eigenvalue weighted by Crippen LogP contribution is -2.36. The summed E-state index contributed by atoms with van der Waals surface area (Å²) in [4.78, 5) is 11.7. The van der Waals surface area contributed by atoms with Crippen molar-refractivity contribution >= 4 is 5.91 Å². The predicted octanol–water partition coefficient (Wildman–Crippen LogP) is 4.18. The molecular weight excluding hydrogens is 435 g/mol. The zero-order chi connectivity index (χ0) is 24.0. The molecule has 1 fully saturated rings. The molecule has 2 aliphatic rings. The first kappa shape index (κ1) is 25.8. The van der Waals surface area contributed by atoms with Crippen LogP contribution in [-0.4, -0.2) is 47.7 Å². The molecule has 0 unspecified atom stereocenters. The van der Waals surface area contributed by atoms with Gasteiger partial charge >= 0.3 is 6.18 Å². The van der Waals surface area contributed by atoms with E-state index in [1.807, 2.05) is 17.4 Å². The van der Waals surface area contributed by atoms with E-state index in [2.05, 4.69) is 6.92 Å². The van der Waals surface area contributed by atoms with Gasteiger partial charge in [0, 0.05) is 0 Å². The molecule has 3 N–H and O–H groups in total. The number of fused-ring (bicyclic) bond motifs is 2. The molecule has 0 heterocycles. The van der Waals surface area contributed by atoms with E-state index in [0.717, 1.165) is 49.7 Å². The maximum atomic E-state index is 12.3. The number of benzene rings is 1. The fourth-order valence-electron chi connectivity index (χ4n) is 5.49. The molecule has 5 nitrogen and oxygen atoms in total. The fraction of sp³-hybridized carbons (Fsp3) is 0.720. The summed E-state index contributed by atoms with van der Waals surface area (Å²) in [5, 5.41) is 22.9. The van der Waals surface area contributed by atoms with Crippen molar-refractivity contribution in [3.05, 3.63) is 29.3 Å². The van der Waals surface area contributed by atoms with Crippen molar-refractivity contribution in [3.63, 3.8) is 0 Å². The van der Waals surface area contributed by atoms with E-state index in [4.69, 9.17) is 4.74 Å². The van der Waals surface area contributed by atoms with Crippen molar-refractivity contribution in [2.24, 2.45) is 17.8 Å². The lowest BCUT2D eigenvalue weighted by Gasteiger charge is -2.32. The molecule has 1 aromatic rings. The second kappa shape index (κ2) is 11.6. The zero-order valence-electron chi connectivity index (χ0n) is 19.2. The maximum Gasteiger partial charge on any atom is 0.405 e. The standard InChI is InChI=1S/C25H36F3NO4/c1-2-3-4-7-18(30)9-10-19-20-11-16-6-5-8-23(21(16)12-17(20)13-22(19)31)33-14-24(32)29-15-25(26,27)28/h5-6,8,17-20,22,30-31H,2-4,7,9-15H2,1H3,(H,29,32)/t17-,18+,19+,20-,22+/m0/s1. The van der Waals surface area contributed by atoms with Gasteiger partial charge in [0.1, 0.15) is 12.3 Å². The van der Waals surface area contributed by atoms with Gasteiger partial charge in [-0.3, -0.25) is 4.79 Å². The number of alkyl halides is 3. The number of carbonyl (C=O) groups is 1. The normalized spacial score (nSPS) is 25.3. The van der Waals surface area contributed by atoms with E-state index < -0.39 is 31.3 Å². The summed E-state index contributed by atoms with van der Waals surface area (Å²) >= 11 is 0. The summed E-state index contributed by atoms with van der Waals surface area (Å²) in [6.45, 7) is 0.293. The van der Waals surface area contributed by atoms with Gasteiger partial charge in [-0.25, -0.2) is 0 Å². The average molecular weight is 472 g/mol. The van der Waals surface area contributed by atoms with Crippen LogP contribution in [0.4, 0.5) is 13.2 Å². The summed E-state index contributed by atoms with van der Waals surface area (Å²) < 4.78 is 42.4. The Morgan fingerprint density at radius 2 is 2.03 bits per heavy atom. The number of aliphatic hydroxyl groups excluding tert-OH is 2. The number of halogens is 3. The number of ether oxygens (including phenoxy) is 1. The molecule has 33 heavy (non-hydrogen) atoms. The quantitative estimate of drug-likeness (QED) is 0.423. The van der Waals surface area contributed by atoms with Gasteiger partial charge in [-0.05, 0) is 73.5 Å². The summed E-state index contributed by atoms with van der Waals surface area (Å²) in [7, 11) is 0. The highest BCUT2D eigenvalue weighted by molar-refractivity contribution is 5.77. The number of unbranched alkanes of at least 4 members (excludes halogenated alkanes) is 2. The SMILES string of the molecule is CCCCC[C@@H](O)CC[C@@H]1[C@H]2Cc3cccc(OCC(=O)NCC(F)(F)F)c3C[C@H]2C[C@H]1O.